The van der Waals surface area contributed by atoms with Crippen LogP contribution in [0.3, 0.4) is 0 Å². The van der Waals surface area contributed by atoms with Gasteiger partial charge in [0.2, 0.25) is 5.91 Å². The third-order valence-electron chi connectivity index (χ3n) is 2.66. The summed E-state index contributed by atoms with van der Waals surface area (Å²) in [5.74, 6) is 0.201. The van der Waals surface area contributed by atoms with Gasteiger partial charge in [0.05, 0.1) is 18.6 Å². The summed E-state index contributed by atoms with van der Waals surface area (Å²) in [6, 6.07) is 4.57. The van der Waals surface area contributed by atoms with E-state index in [2.05, 4.69) is 5.32 Å². The molecule has 0 heterocycles. The second-order valence-electron chi connectivity index (χ2n) is 4.38. The highest BCUT2D eigenvalue weighted by Gasteiger charge is 2.29. The second-order valence-corrected chi connectivity index (χ2v) is 4.75. The molecule has 1 N–H and O–H groups in total. The van der Waals surface area contributed by atoms with E-state index in [1.807, 2.05) is 0 Å². The summed E-state index contributed by atoms with van der Waals surface area (Å²) in [4.78, 5) is 11.6. The molecule has 0 unspecified atom stereocenters. The summed E-state index contributed by atoms with van der Waals surface area (Å²) in [6.07, 6.45) is -3.64. The van der Waals surface area contributed by atoms with Crippen LogP contribution in [0.15, 0.2) is 24.3 Å². The summed E-state index contributed by atoms with van der Waals surface area (Å²) >= 11 is 5.43. The summed E-state index contributed by atoms with van der Waals surface area (Å²) in [5.41, 5.74) is -0.179. The predicted molar refractivity (Wildman–Crippen MR) is 74.3 cm³/mol. The molecule has 0 aliphatic heterocycles. The predicted octanol–water partition coefficient (Wildman–Crippen LogP) is 3.01. The van der Waals surface area contributed by atoms with E-state index in [0.29, 0.717) is 37.6 Å². The minimum Gasteiger partial charge on any atom is -0.380 e. The Labute approximate surface area is 126 Å². The van der Waals surface area contributed by atoms with Gasteiger partial charge >= 0.3 is 6.18 Å². The molecular formula is C14H17ClF3NO2. The topological polar surface area (TPSA) is 38.3 Å². The second kappa shape index (κ2) is 8.89. The van der Waals surface area contributed by atoms with Crippen LogP contribution in [0, 0.1) is 0 Å². The molecule has 1 amide bonds. The Balaban J connectivity index is 2.28. The monoisotopic (exact) mass is 323 g/mol. The SMILES string of the molecule is O=C(Cc1ccc(C(F)(F)F)cc1)NCCCOCCCl. The fourth-order valence-corrected chi connectivity index (χ4v) is 1.73. The van der Waals surface area contributed by atoms with Gasteiger partial charge in [0.15, 0.2) is 0 Å². The first-order chi connectivity index (χ1) is 9.93. The zero-order valence-corrected chi connectivity index (χ0v) is 12.1. The van der Waals surface area contributed by atoms with Gasteiger partial charge in [-0.05, 0) is 24.1 Å². The Morgan fingerprint density at radius 2 is 1.86 bits per heavy atom. The van der Waals surface area contributed by atoms with Crippen LogP contribution in [-0.4, -0.2) is 31.5 Å². The molecule has 1 aromatic carbocycles. The quantitative estimate of drug-likeness (QED) is 0.590. The number of alkyl halides is 4. The fourth-order valence-electron chi connectivity index (χ4n) is 1.62. The highest BCUT2D eigenvalue weighted by atomic mass is 35.5. The number of carbonyl (C=O) groups is 1. The van der Waals surface area contributed by atoms with Crippen LogP contribution in [0.2, 0.25) is 0 Å². The molecule has 118 valence electrons. The van der Waals surface area contributed by atoms with Crippen molar-refractivity contribution in [2.75, 3.05) is 25.6 Å². The third kappa shape index (κ3) is 7.34. The van der Waals surface area contributed by atoms with Gasteiger partial charge in [-0.3, -0.25) is 4.79 Å². The molecule has 3 nitrogen and oxygen atoms in total. The number of amides is 1. The van der Waals surface area contributed by atoms with Crippen LogP contribution < -0.4 is 5.32 Å². The normalized spacial score (nSPS) is 11.4. The van der Waals surface area contributed by atoms with Crippen molar-refractivity contribution in [1.82, 2.24) is 5.32 Å². The van der Waals surface area contributed by atoms with Gasteiger partial charge in [0.1, 0.15) is 0 Å². The molecule has 0 fully saturated rings. The minimum absolute atomic E-state index is 0.0562. The minimum atomic E-state index is -4.36. The van der Waals surface area contributed by atoms with Crippen molar-refractivity contribution in [3.8, 4) is 0 Å². The lowest BCUT2D eigenvalue weighted by Gasteiger charge is -2.08. The molecule has 0 radical (unpaired) electrons. The van der Waals surface area contributed by atoms with Crippen LogP contribution in [0.1, 0.15) is 17.5 Å². The van der Waals surface area contributed by atoms with E-state index in [1.54, 1.807) is 0 Å². The van der Waals surface area contributed by atoms with Crippen LogP contribution in [0.25, 0.3) is 0 Å². The molecule has 0 saturated heterocycles. The first-order valence-electron chi connectivity index (χ1n) is 6.50. The number of ether oxygens (including phenoxy) is 1. The molecule has 0 saturated carbocycles. The highest BCUT2D eigenvalue weighted by Crippen LogP contribution is 2.29. The van der Waals surface area contributed by atoms with Crippen molar-refractivity contribution in [3.63, 3.8) is 0 Å². The Morgan fingerprint density at radius 1 is 1.19 bits per heavy atom. The van der Waals surface area contributed by atoms with Crippen molar-refractivity contribution < 1.29 is 22.7 Å². The average Bonchev–Trinajstić information content (AvgIpc) is 2.42. The molecule has 0 spiro atoms. The lowest BCUT2D eigenvalue weighted by atomic mass is 10.1. The van der Waals surface area contributed by atoms with Crippen molar-refractivity contribution in [1.29, 1.82) is 0 Å². The molecule has 21 heavy (non-hydrogen) atoms. The molecular weight excluding hydrogens is 307 g/mol. The maximum absolute atomic E-state index is 12.4. The first-order valence-corrected chi connectivity index (χ1v) is 7.03. The van der Waals surface area contributed by atoms with Gasteiger partial charge in [-0.1, -0.05) is 12.1 Å². The number of halogens is 4. The van der Waals surface area contributed by atoms with E-state index in [1.165, 1.54) is 12.1 Å². The summed E-state index contributed by atoms with van der Waals surface area (Å²) in [6.45, 7) is 1.44. The fraction of sp³-hybridized carbons (Fsp3) is 0.500. The molecule has 7 heteroatoms. The molecule has 1 rings (SSSR count). The van der Waals surface area contributed by atoms with Crippen LogP contribution >= 0.6 is 11.6 Å². The van der Waals surface area contributed by atoms with Gasteiger partial charge in [0.25, 0.3) is 0 Å². The van der Waals surface area contributed by atoms with Crippen molar-refractivity contribution >= 4 is 17.5 Å². The lowest BCUT2D eigenvalue weighted by molar-refractivity contribution is -0.137. The molecule has 0 aliphatic rings. The number of rotatable bonds is 8. The zero-order valence-electron chi connectivity index (χ0n) is 11.4. The maximum atomic E-state index is 12.4. The van der Waals surface area contributed by atoms with Gasteiger partial charge in [-0.25, -0.2) is 0 Å². The molecule has 0 bridgehead atoms. The lowest BCUT2D eigenvalue weighted by Crippen LogP contribution is -2.26. The Morgan fingerprint density at radius 3 is 2.43 bits per heavy atom. The van der Waals surface area contributed by atoms with Crippen molar-refractivity contribution in [2.45, 2.75) is 19.0 Å². The number of nitrogens with one attached hydrogen (secondary N) is 1. The van der Waals surface area contributed by atoms with E-state index < -0.39 is 11.7 Å². The van der Waals surface area contributed by atoms with Crippen molar-refractivity contribution in [3.05, 3.63) is 35.4 Å². The number of carbonyl (C=O) groups excluding carboxylic acids is 1. The average molecular weight is 324 g/mol. The smallest absolute Gasteiger partial charge is 0.380 e. The van der Waals surface area contributed by atoms with E-state index in [4.69, 9.17) is 16.3 Å². The molecule has 0 aromatic heterocycles. The highest BCUT2D eigenvalue weighted by molar-refractivity contribution is 6.17. The summed E-state index contributed by atoms with van der Waals surface area (Å²) < 4.78 is 42.3. The third-order valence-corrected chi connectivity index (χ3v) is 2.81. The van der Waals surface area contributed by atoms with E-state index in [9.17, 15) is 18.0 Å². The summed E-state index contributed by atoms with van der Waals surface area (Å²) in [5, 5.41) is 2.68. The van der Waals surface area contributed by atoms with Gasteiger partial charge in [0, 0.05) is 19.0 Å². The standard InChI is InChI=1S/C14H17ClF3NO2/c15-6-9-21-8-1-7-19-13(20)10-11-2-4-12(5-3-11)14(16,17)18/h2-5H,1,6-10H2,(H,19,20). The molecule has 1 aromatic rings. The largest absolute Gasteiger partial charge is 0.416 e. The van der Waals surface area contributed by atoms with Gasteiger partial charge in [-0.2, -0.15) is 13.2 Å². The van der Waals surface area contributed by atoms with E-state index in [-0.39, 0.29) is 12.3 Å². The maximum Gasteiger partial charge on any atom is 0.416 e. The van der Waals surface area contributed by atoms with E-state index in [0.717, 1.165) is 12.1 Å². The Kier molecular flexibility index (Phi) is 7.53. The molecule has 0 atom stereocenters. The number of benzene rings is 1. The Hall–Kier alpha value is -1.27. The van der Waals surface area contributed by atoms with Crippen LogP contribution in [0.4, 0.5) is 13.2 Å². The van der Waals surface area contributed by atoms with Gasteiger partial charge < -0.3 is 10.1 Å². The summed E-state index contributed by atoms with van der Waals surface area (Å²) in [7, 11) is 0. The number of hydrogen-bond acceptors (Lipinski definition) is 2. The van der Waals surface area contributed by atoms with E-state index >= 15 is 0 Å². The van der Waals surface area contributed by atoms with Crippen LogP contribution in [0.5, 0.6) is 0 Å². The first kappa shape index (κ1) is 17.8. The Bertz CT molecular complexity index is 435. The van der Waals surface area contributed by atoms with Crippen molar-refractivity contribution in [2.24, 2.45) is 0 Å². The number of hydrogen-bond donors (Lipinski definition) is 1. The van der Waals surface area contributed by atoms with Gasteiger partial charge in [-0.15, -0.1) is 11.6 Å². The molecule has 0 aliphatic carbocycles. The zero-order chi connectivity index (χ0) is 15.7. The van der Waals surface area contributed by atoms with Crippen LogP contribution in [-0.2, 0) is 22.1 Å².